The van der Waals surface area contributed by atoms with Crippen LogP contribution in [0.15, 0.2) is 29.2 Å². The number of fused-ring (bicyclic) bond motifs is 1. The van der Waals surface area contributed by atoms with Gasteiger partial charge in [0.05, 0.1) is 0 Å². The van der Waals surface area contributed by atoms with E-state index in [-0.39, 0.29) is 0 Å². The Bertz CT molecular complexity index is 304. The number of hydrogen-bond acceptors (Lipinski definition) is 2. The summed E-state index contributed by atoms with van der Waals surface area (Å²) in [5.74, 6) is 0. The molecule has 1 aromatic rings. The highest BCUT2D eigenvalue weighted by Crippen LogP contribution is 2.36. The molecule has 1 atom stereocenters. The van der Waals surface area contributed by atoms with Crippen LogP contribution in [-0.2, 0) is 6.42 Å². The van der Waals surface area contributed by atoms with Crippen LogP contribution in [-0.4, -0.2) is 35.6 Å². The zero-order chi connectivity index (χ0) is 10.7. The van der Waals surface area contributed by atoms with Crippen LogP contribution in [0.1, 0.15) is 5.56 Å². The molecule has 0 aliphatic carbocycles. The first-order valence-electron chi connectivity index (χ1n) is 5.28. The van der Waals surface area contributed by atoms with Gasteiger partial charge in [0, 0.05) is 28.6 Å². The average Bonchev–Trinajstić information content (AvgIpc) is 2.59. The molecule has 0 N–H and O–H groups in total. The van der Waals surface area contributed by atoms with Gasteiger partial charge in [-0.3, -0.25) is 0 Å². The standard InChI is InChI=1S/C12H16BrNS/c1-14(7-6-13)9-11-8-10-4-2-3-5-12(10)15-11/h2-5,11H,6-9H2,1H3. The fraction of sp³-hybridized carbons (Fsp3) is 0.500. The van der Waals surface area contributed by atoms with Gasteiger partial charge in [0.1, 0.15) is 0 Å². The summed E-state index contributed by atoms with van der Waals surface area (Å²) in [7, 11) is 2.20. The molecular formula is C12H16BrNS. The topological polar surface area (TPSA) is 3.24 Å². The van der Waals surface area contributed by atoms with E-state index in [1.165, 1.54) is 23.4 Å². The zero-order valence-corrected chi connectivity index (χ0v) is 11.4. The van der Waals surface area contributed by atoms with Crippen molar-refractivity contribution < 1.29 is 0 Å². The molecule has 0 amide bonds. The quantitative estimate of drug-likeness (QED) is 0.783. The summed E-state index contributed by atoms with van der Waals surface area (Å²) in [6.45, 7) is 2.32. The van der Waals surface area contributed by atoms with Gasteiger partial charge >= 0.3 is 0 Å². The molecule has 1 heterocycles. The van der Waals surface area contributed by atoms with Crippen LogP contribution in [0.5, 0.6) is 0 Å². The number of nitrogens with zero attached hydrogens (tertiary/aromatic N) is 1. The Morgan fingerprint density at radius 2 is 2.27 bits per heavy atom. The van der Waals surface area contributed by atoms with Gasteiger partial charge in [-0.2, -0.15) is 0 Å². The van der Waals surface area contributed by atoms with Crippen LogP contribution in [0.25, 0.3) is 0 Å². The molecule has 0 saturated carbocycles. The van der Waals surface area contributed by atoms with Crippen molar-refractivity contribution in [2.24, 2.45) is 0 Å². The maximum Gasteiger partial charge on any atom is 0.0263 e. The normalized spacial score (nSPS) is 19.5. The highest BCUT2D eigenvalue weighted by atomic mass is 79.9. The third-order valence-corrected chi connectivity index (χ3v) is 4.35. The van der Waals surface area contributed by atoms with Gasteiger partial charge in [0.2, 0.25) is 0 Å². The number of alkyl halides is 1. The molecule has 82 valence electrons. The minimum Gasteiger partial charge on any atom is -0.304 e. The number of thioether (sulfide) groups is 1. The number of rotatable bonds is 4. The molecule has 0 saturated heterocycles. The molecule has 0 radical (unpaired) electrons. The summed E-state index contributed by atoms with van der Waals surface area (Å²) >= 11 is 5.51. The molecule has 0 bridgehead atoms. The number of hydrogen-bond donors (Lipinski definition) is 0. The summed E-state index contributed by atoms with van der Waals surface area (Å²) in [6, 6.07) is 8.78. The van der Waals surface area contributed by atoms with Crippen molar-refractivity contribution in [3.63, 3.8) is 0 Å². The molecule has 0 fully saturated rings. The van der Waals surface area contributed by atoms with Gasteiger partial charge in [0.15, 0.2) is 0 Å². The Morgan fingerprint density at radius 3 is 3.00 bits per heavy atom. The van der Waals surface area contributed by atoms with E-state index < -0.39 is 0 Å². The van der Waals surface area contributed by atoms with E-state index in [9.17, 15) is 0 Å². The van der Waals surface area contributed by atoms with Gasteiger partial charge in [-0.25, -0.2) is 0 Å². The molecule has 0 spiro atoms. The second kappa shape index (κ2) is 5.37. The van der Waals surface area contributed by atoms with E-state index >= 15 is 0 Å². The van der Waals surface area contributed by atoms with Crippen LogP contribution < -0.4 is 0 Å². The van der Waals surface area contributed by atoms with Crippen molar-refractivity contribution in [1.29, 1.82) is 0 Å². The van der Waals surface area contributed by atoms with Crippen molar-refractivity contribution in [1.82, 2.24) is 4.90 Å². The fourth-order valence-corrected chi connectivity index (χ4v) is 3.96. The Kier molecular flexibility index (Phi) is 4.12. The molecular weight excluding hydrogens is 270 g/mol. The monoisotopic (exact) mass is 285 g/mol. The maximum absolute atomic E-state index is 3.48. The first-order valence-corrected chi connectivity index (χ1v) is 7.29. The van der Waals surface area contributed by atoms with Crippen LogP contribution in [0.3, 0.4) is 0 Å². The predicted octanol–water partition coefficient (Wildman–Crippen LogP) is 3.03. The van der Waals surface area contributed by atoms with Crippen molar-refractivity contribution >= 4 is 27.7 Å². The molecule has 1 aliphatic heterocycles. The number of halogens is 1. The van der Waals surface area contributed by atoms with Crippen LogP contribution >= 0.6 is 27.7 Å². The summed E-state index contributed by atoms with van der Waals surface area (Å²) < 4.78 is 0. The van der Waals surface area contributed by atoms with Crippen LogP contribution in [0, 0.1) is 0 Å². The average molecular weight is 286 g/mol. The Hall–Kier alpha value is 0.01000. The third-order valence-electron chi connectivity index (χ3n) is 2.70. The molecule has 1 nitrogen and oxygen atoms in total. The van der Waals surface area contributed by atoms with Crippen LogP contribution in [0.2, 0.25) is 0 Å². The van der Waals surface area contributed by atoms with Crippen molar-refractivity contribution in [3.8, 4) is 0 Å². The van der Waals surface area contributed by atoms with Crippen LogP contribution in [0.4, 0.5) is 0 Å². The largest absolute Gasteiger partial charge is 0.304 e. The van der Waals surface area contributed by atoms with E-state index in [0.717, 1.165) is 17.1 Å². The third kappa shape index (κ3) is 2.99. The van der Waals surface area contributed by atoms with Gasteiger partial charge in [-0.05, 0) is 25.1 Å². The van der Waals surface area contributed by atoms with Crippen molar-refractivity contribution in [2.45, 2.75) is 16.6 Å². The van der Waals surface area contributed by atoms with E-state index in [1.54, 1.807) is 0 Å². The molecule has 1 unspecified atom stereocenters. The lowest BCUT2D eigenvalue weighted by Gasteiger charge is -2.18. The fourth-order valence-electron chi connectivity index (χ4n) is 1.94. The zero-order valence-electron chi connectivity index (χ0n) is 8.95. The highest BCUT2D eigenvalue weighted by Gasteiger charge is 2.22. The summed E-state index contributed by atoms with van der Waals surface area (Å²) in [6.07, 6.45) is 1.23. The van der Waals surface area contributed by atoms with E-state index in [4.69, 9.17) is 0 Å². The van der Waals surface area contributed by atoms with Crippen molar-refractivity contribution in [2.75, 3.05) is 25.5 Å². The lowest BCUT2D eigenvalue weighted by Crippen LogP contribution is -2.28. The minimum absolute atomic E-state index is 0.742. The first kappa shape index (κ1) is 11.5. The van der Waals surface area contributed by atoms with Gasteiger partial charge in [-0.15, -0.1) is 11.8 Å². The van der Waals surface area contributed by atoms with Gasteiger partial charge in [-0.1, -0.05) is 34.1 Å². The number of benzene rings is 1. The Labute approximate surface area is 104 Å². The molecule has 15 heavy (non-hydrogen) atoms. The lowest BCUT2D eigenvalue weighted by molar-refractivity contribution is 0.357. The Morgan fingerprint density at radius 1 is 1.47 bits per heavy atom. The summed E-state index contributed by atoms with van der Waals surface area (Å²) in [5.41, 5.74) is 1.53. The summed E-state index contributed by atoms with van der Waals surface area (Å²) in [5, 5.41) is 1.81. The van der Waals surface area contributed by atoms with Gasteiger partial charge in [0.25, 0.3) is 0 Å². The van der Waals surface area contributed by atoms with Crippen molar-refractivity contribution in [3.05, 3.63) is 29.8 Å². The smallest absolute Gasteiger partial charge is 0.0263 e. The van der Waals surface area contributed by atoms with E-state index in [2.05, 4.69) is 52.1 Å². The van der Waals surface area contributed by atoms with E-state index in [1.807, 2.05) is 11.8 Å². The maximum atomic E-state index is 3.48. The second-order valence-electron chi connectivity index (χ2n) is 4.00. The van der Waals surface area contributed by atoms with Gasteiger partial charge < -0.3 is 4.90 Å². The Balaban J connectivity index is 1.90. The second-order valence-corrected chi connectivity index (χ2v) is 6.14. The van der Waals surface area contributed by atoms with E-state index in [0.29, 0.717) is 0 Å². The SMILES string of the molecule is CN(CCBr)CC1Cc2ccccc2S1. The molecule has 3 heteroatoms. The summed E-state index contributed by atoms with van der Waals surface area (Å²) in [4.78, 5) is 3.88. The first-order chi connectivity index (χ1) is 7.29. The minimum atomic E-state index is 0.742. The molecule has 1 aliphatic rings. The predicted molar refractivity (Wildman–Crippen MR) is 71.1 cm³/mol. The lowest BCUT2D eigenvalue weighted by atomic mass is 10.1. The molecule has 2 rings (SSSR count). The molecule has 1 aromatic carbocycles. The highest BCUT2D eigenvalue weighted by molar-refractivity contribution is 9.09. The molecule has 0 aromatic heterocycles.